The SMILES string of the molecule is CCCN(CCO)CC(=O)Nc1cc(C)nn1-c1ccc(C)cc1. The Morgan fingerprint density at radius 1 is 1.25 bits per heavy atom. The lowest BCUT2D eigenvalue weighted by Crippen LogP contribution is -2.36. The summed E-state index contributed by atoms with van der Waals surface area (Å²) >= 11 is 0. The van der Waals surface area contributed by atoms with Crippen LogP contribution in [0, 0.1) is 13.8 Å². The van der Waals surface area contributed by atoms with Gasteiger partial charge >= 0.3 is 0 Å². The molecule has 0 aliphatic rings. The Morgan fingerprint density at radius 2 is 1.96 bits per heavy atom. The van der Waals surface area contributed by atoms with Gasteiger partial charge in [0, 0.05) is 12.6 Å². The van der Waals surface area contributed by atoms with Crippen molar-refractivity contribution in [3.63, 3.8) is 0 Å². The first-order chi connectivity index (χ1) is 11.5. The van der Waals surface area contributed by atoms with Crippen LogP contribution in [-0.4, -0.2) is 51.9 Å². The van der Waals surface area contributed by atoms with Gasteiger partial charge in [0.1, 0.15) is 5.82 Å². The van der Waals surface area contributed by atoms with Gasteiger partial charge in [-0.05, 0) is 38.9 Å². The van der Waals surface area contributed by atoms with Crippen molar-refractivity contribution in [1.82, 2.24) is 14.7 Å². The molecule has 0 atom stereocenters. The topological polar surface area (TPSA) is 70.4 Å². The largest absolute Gasteiger partial charge is 0.395 e. The zero-order valence-electron chi connectivity index (χ0n) is 14.6. The van der Waals surface area contributed by atoms with Crippen LogP contribution < -0.4 is 5.32 Å². The fraction of sp³-hybridized carbons (Fsp3) is 0.444. The Labute approximate surface area is 143 Å². The maximum atomic E-state index is 12.3. The highest BCUT2D eigenvalue weighted by molar-refractivity contribution is 5.91. The van der Waals surface area contributed by atoms with E-state index in [9.17, 15) is 4.79 Å². The van der Waals surface area contributed by atoms with Crippen LogP contribution in [0.1, 0.15) is 24.6 Å². The van der Waals surface area contributed by atoms with Crippen LogP contribution in [0.3, 0.4) is 0 Å². The summed E-state index contributed by atoms with van der Waals surface area (Å²) < 4.78 is 1.74. The molecular weight excluding hydrogens is 304 g/mol. The van der Waals surface area contributed by atoms with Gasteiger partial charge in [0.2, 0.25) is 5.91 Å². The minimum absolute atomic E-state index is 0.0493. The van der Waals surface area contributed by atoms with E-state index >= 15 is 0 Å². The summed E-state index contributed by atoms with van der Waals surface area (Å²) in [5, 5.41) is 16.5. The highest BCUT2D eigenvalue weighted by Gasteiger charge is 2.14. The van der Waals surface area contributed by atoms with Crippen molar-refractivity contribution >= 4 is 11.7 Å². The second-order valence-corrected chi connectivity index (χ2v) is 5.97. The third kappa shape index (κ3) is 4.91. The van der Waals surface area contributed by atoms with Crippen molar-refractivity contribution < 1.29 is 9.90 Å². The molecule has 0 bridgehead atoms. The van der Waals surface area contributed by atoms with Gasteiger partial charge in [0.25, 0.3) is 0 Å². The maximum Gasteiger partial charge on any atom is 0.239 e. The highest BCUT2D eigenvalue weighted by Crippen LogP contribution is 2.17. The average molecular weight is 330 g/mol. The summed E-state index contributed by atoms with van der Waals surface area (Å²) in [4.78, 5) is 14.3. The van der Waals surface area contributed by atoms with Crippen molar-refractivity contribution in [2.24, 2.45) is 0 Å². The minimum atomic E-state index is -0.106. The lowest BCUT2D eigenvalue weighted by Gasteiger charge is -2.19. The molecule has 6 heteroatoms. The summed E-state index contributed by atoms with van der Waals surface area (Å²) in [5.41, 5.74) is 2.92. The number of hydrogen-bond acceptors (Lipinski definition) is 4. The Morgan fingerprint density at radius 3 is 2.58 bits per heavy atom. The number of rotatable bonds is 8. The predicted molar refractivity (Wildman–Crippen MR) is 95.5 cm³/mol. The molecule has 2 rings (SSSR count). The summed E-state index contributed by atoms with van der Waals surface area (Å²) in [6, 6.07) is 9.84. The molecule has 0 spiro atoms. The fourth-order valence-electron chi connectivity index (χ4n) is 2.58. The molecule has 0 saturated heterocycles. The lowest BCUT2D eigenvalue weighted by molar-refractivity contribution is -0.117. The zero-order chi connectivity index (χ0) is 17.5. The van der Waals surface area contributed by atoms with Crippen LogP contribution in [0.4, 0.5) is 5.82 Å². The summed E-state index contributed by atoms with van der Waals surface area (Å²) in [5.74, 6) is 0.548. The number of aliphatic hydroxyl groups excluding tert-OH is 1. The molecule has 6 nitrogen and oxygen atoms in total. The molecule has 2 N–H and O–H groups in total. The van der Waals surface area contributed by atoms with Crippen molar-refractivity contribution in [1.29, 1.82) is 0 Å². The molecule has 1 aromatic heterocycles. The smallest absolute Gasteiger partial charge is 0.239 e. The molecule has 0 aliphatic heterocycles. The molecule has 1 heterocycles. The normalized spacial score (nSPS) is 11.0. The van der Waals surface area contributed by atoms with E-state index in [1.807, 2.05) is 49.1 Å². The van der Waals surface area contributed by atoms with Crippen LogP contribution in [0.5, 0.6) is 0 Å². The van der Waals surface area contributed by atoms with E-state index < -0.39 is 0 Å². The molecule has 0 aliphatic carbocycles. The maximum absolute atomic E-state index is 12.3. The zero-order valence-corrected chi connectivity index (χ0v) is 14.6. The number of anilines is 1. The van der Waals surface area contributed by atoms with Gasteiger partial charge in [-0.3, -0.25) is 9.69 Å². The molecule has 0 unspecified atom stereocenters. The summed E-state index contributed by atoms with van der Waals surface area (Å²) in [6.07, 6.45) is 0.938. The first-order valence-corrected chi connectivity index (χ1v) is 8.30. The van der Waals surface area contributed by atoms with E-state index in [2.05, 4.69) is 17.3 Å². The molecular formula is C18H26N4O2. The Bertz CT molecular complexity index is 658. The first-order valence-electron chi connectivity index (χ1n) is 8.30. The second-order valence-electron chi connectivity index (χ2n) is 5.97. The van der Waals surface area contributed by atoms with Crippen molar-refractivity contribution in [2.75, 3.05) is 31.6 Å². The number of aliphatic hydroxyl groups is 1. The number of carbonyl (C=O) groups is 1. The van der Waals surface area contributed by atoms with Crippen LogP contribution in [0.2, 0.25) is 0 Å². The number of aromatic nitrogens is 2. The standard InChI is InChI=1S/C18H26N4O2/c1-4-9-21(10-11-23)13-18(24)19-17-12-15(3)20-22(17)16-7-5-14(2)6-8-16/h5-8,12,23H,4,9-11,13H2,1-3H3,(H,19,24). The van der Waals surface area contributed by atoms with Gasteiger partial charge in [-0.2, -0.15) is 5.10 Å². The first kappa shape index (κ1) is 18.2. The molecule has 1 aromatic carbocycles. The molecule has 24 heavy (non-hydrogen) atoms. The third-order valence-corrected chi connectivity index (χ3v) is 3.70. The Kier molecular flexibility index (Phi) is 6.52. The molecule has 2 aromatic rings. The van der Waals surface area contributed by atoms with Crippen LogP contribution in [0.15, 0.2) is 30.3 Å². The van der Waals surface area contributed by atoms with Gasteiger partial charge < -0.3 is 10.4 Å². The number of aryl methyl sites for hydroxylation is 2. The van der Waals surface area contributed by atoms with E-state index in [4.69, 9.17) is 5.11 Å². The van der Waals surface area contributed by atoms with Crippen LogP contribution in [-0.2, 0) is 4.79 Å². The van der Waals surface area contributed by atoms with Gasteiger partial charge in [-0.25, -0.2) is 4.68 Å². The van der Waals surface area contributed by atoms with E-state index in [0.717, 1.165) is 24.3 Å². The molecule has 0 radical (unpaired) electrons. The van der Waals surface area contributed by atoms with Gasteiger partial charge in [-0.15, -0.1) is 0 Å². The number of amides is 1. The number of nitrogens with zero attached hydrogens (tertiary/aromatic N) is 3. The number of hydrogen-bond donors (Lipinski definition) is 2. The monoisotopic (exact) mass is 330 g/mol. The number of benzene rings is 1. The van der Waals surface area contributed by atoms with E-state index in [0.29, 0.717) is 12.4 Å². The van der Waals surface area contributed by atoms with Crippen LogP contribution in [0.25, 0.3) is 5.69 Å². The summed E-state index contributed by atoms with van der Waals surface area (Å²) in [6.45, 7) is 7.57. The fourth-order valence-corrected chi connectivity index (χ4v) is 2.58. The van der Waals surface area contributed by atoms with E-state index in [1.165, 1.54) is 5.56 Å². The van der Waals surface area contributed by atoms with Crippen LogP contribution >= 0.6 is 0 Å². The Hall–Kier alpha value is -2.18. The summed E-state index contributed by atoms with van der Waals surface area (Å²) in [7, 11) is 0. The lowest BCUT2D eigenvalue weighted by atomic mass is 10.2. The second kappa shape index (κ2) is 8.61. The number of nitrogens with one attached hydrogen (secondary N) is 1. The van der Waals surface area contributed by atoms with Crippen molar-refractivity contribution in [2.45, 2.75) is 27.2 Å². The van der Waals surface area contributed by atoms with E-state index in [-0.39, 0.29) is 19.1 Å². The van der Waals surface area contributed by atoms with Gasteiger partial charge in [0.15, 0.2) is 0 Å². The molecule has 0 saturated carbocycles. The molecule has 0 fully saturated rings. The van der Waals surface area contributed by atoms with Crippen molar-refractivity contribution in [3.05, 3.63) is 41.6 Å². The van der Waals surface area contributed by atoms with Gasteiger partial charge in [0.05, 0.1) is 24.5 Å². The van der Waals surface area contributed by atoms with Crippen molar-refractivity contribution in [3.8, 4) is 5.69 Å². The van der Waals surface area contributed by atoms with E-state index in [1.54, 1.807) is 4.68 Å². The molecule has 1 amide bonds. The third-order valence-electron chi connectivity index (χ3n) is 3.70. The highest BCUT2D eigenvalue weighted by atomic mass is 16.3. The molecule has 130 valence electrons. The Balaban J connectivity index is 2.12. The number of carbonyl (C=O) groups excluding carboxylic acids is 1. The average Bonchev–Trinajstić information content (AvgIpc) is 2.89. The quantitative estimate of drug-likeness (QED) is 0.778. The minimum Gasteiger partial charge on any atom is -0.395 e. The predicted octanol–water partition coefficient (Wildman–Crippen LogP) is 2.13. The van der Waals surface area contributed by atoms with Gasteiger partial charge in [-0.1, -0.05) is 24.6 Å².